The van der Waals surface area contributed by atoms with Gasteiger partial charge in [-0.05, 0) is 24.6 Å². The van der Waals surface area contributed by atoms with E-state index in [4.69, 9.17) is 27.5 Å². The third kappa shape index (κ3) is 5.20. The lowest BCUT2D eigenvalue weighted by molar-refractivity contribution is -0.139. The molecule has 1 rings (SSSR count). The third-order valence-electron chi connectivity index (χ3n) is 2.74. The second-order valence-electron chi connectivity index (χ2n) is 4.47. The number of hydrogen-bond acceptors (Lipinski definition) is 5. The van der Waals surface area contributed by atoms with Crippen LogP contribution in [-0.4, -0.2) is 42.5 Å². The Labute approximate surface area is 136 Å². The summed E-state index contributed by atoms with van der Waals surface area (Å²) in [5, 5.41) is 17.6. The summed E-state index contributed by atoms with van der Waals surface area (Å²) >= 11 is 5.74. The molecular formula is C12H13ClN2O7S. The lowest BCUT2D eigenvalue weighted by Gasteiger charge is -2.15. The van der Waals surface area contributed by atoms with Crippen molar-refractivity contribution in [2.24, 2.45) is 5.73 Å². The Balaban J connectivity index is 3.14. The molecule has 0 aliphatic heterocycles. The van der Waals surface area contributed by atoms with Crippen molar-refractivity contribution in [3.05, 3.63) is 28.8 Å². The summed E-state index contributed by atoms with van der Waals surface area (Å²) in [6.07, 6.45) is -0.706. The molecule has 0 spiro atoms. The maximum atomic E-state index is 12.2. The fraction of sp³-hybridized carbons (Fsp3) is 0.250. The van der Waals surface area contributed by atoms with Gasteiger partial charge in [0.2, 0.25) is 15.9 Å². The van der Waals surface area contributed by atoms with Gasteiger partial charge in [-0.25, -0.2) is 13.2 Å². The highest BCUT2D eigenvalue weighted by Gasteiger charge is 2.27. The zero-order valence-electron chi connectivity index (χ0n) is 11.5. The second-order valence-corrected chi connectivity index (χ2v) is 6.56. The minimum Gasteiger partial charge on any atom is -0.480 e. The average molecular weight is 365 g/mol. The first-order valence-corrected chi connectivity index (χ1v) is 7.97. The van der Waals surface area contributed by atoms with Crippen molar-refractivity contribution < 1.29 is 33.0 Å². The summed E-state index contributed by atoms with van der Waals surface area (Å²) in [6.45, 7) is 0. The van der Waals surface area contributed by atoms with Gasteiger partial charge in [-0.3, -0.25) is 9.59 Å². The van der Waals surface area contributed by atoms with Crippen molar-refractivity contribution in [3.63, 3.8) is 0 Å². The number of aromatic carboxylic acids is 1. The van der Waals surface area contributed by atoms with E-state index in [0.29, 0.717) is 0 Å². The molecule has 0 aliphatic rings. The molecule has 0 saturated carbocycles. The molecule has 11 heteroatoms. The van der Waals surface area contributed by atoms with E-state index in [1.54, 1.807) is 0 Å². The first kappa shape index (κ1) is 18.9. The van der Waals surface area contributed by atoms with Crippen molar-refractivity contribution in [3.8, 4) is 0 Å². The van der Waals surface area contributed by atoms with E-state index in [0.717, 1.165) is 18.2 Å². The Bertz CT molecular complexity index is 748. The van der Waals surface area contributed by atoms with Crippen LogP contribution in [0.1, 0.15) is 23.2 Å². The Morgan fingerprint density at radius 2 is 1.87 bits per heavy atom. The molecule has 1 unspecified atom stereocenters. The topological polar surface area (TPSA) is 164 Å². The molecule has 0 aliphatic carbocycles. The van der Waals surface area contributed by atoms with Crippen molar-refractivity contribution >= 4 is 39.5 Å². The number of carboxylic acid groups (broad SMARTS) is 2. The van der Waals surface area contributed by atoms with Crippen molar-refractivity contribution in [1.82, 2.24) is 4.72 Å². The van der Waals surface area contributed by atoms with Gasteiger partial charge in [0.15, 0.2) is 0 Å². The molecule has 1 atom stereocenters. The molecule has 126 valence electrons. The summed E-state index contributed by atoms with van der Waals surface area (Å²) in [4.78, 5) is 32.1. The van der Waals surface area contributed by atoms with Crippen molar-refractivity contribution in [2.45, 2.75) is 23.8 Å². The summed E-state index contributed by atoms with van der Waals surface area (Å²) in [6, 6.07) is 1.36. The first-order chi connectivity index (χ1) is 10.5. The van der Waals surface area contributed by atoms with E-state index < -0.39 is 38.8 Å². The SMILES string of the molecule is NC(=O)CCC(NS(=O)(=O)c1cc(C(=O)O)ccc1Cl)C(=O)O. The summed E-state index contributed by atoms with van der Waals surface area (Å²) in [7, 11) is -4.42. The number of nitrogens with one attached hydrogen (secondary N) is 1. The molecule has 0 bridgehead atoms. The highest BCUT2D eigenvalue weighted by atomic mass is 35.5. The van der Waals surface area contributed by atoms with Gasteiger partial charge in [0.05, 0.1) is 10.6 Å². The molecule has 1 amide bonds. The van der Waals surface area contributed by atoms with E-state index in [9.17, 15) is 22.8 Å². The van der Waals surface area contributed by atoms with Crippen LogP contribution in [0.2, 0.25) is 5.02 Å². The molecule has 1 aromatic carbocycles. The number of sulfonamides is 1. The van der Waals surface area contributed by atoms with Crippen LogP contribution >= 0.6 is 11.6 Å². The van der Waals surface area contributed by atoms with Crippen molar-refractivity contribution in [1.29, 1.82) is 0 Å². The van der Waals surface area contributed by atoms with E-state index >= 15 is 0 Å². The maximum Gasteiger partial charge on any atom is 0.335 e. The molecule has 23 heavy (non-hydrogen) atoms. The number of aliphatic carboxylic acids is 1. The lowest BCUT2D eigenvalue weighted by atomic mass is 10.2. The highest BCUT2D eigenvalue weighted by Crippen LogP contribution is 2.23. The Morgan fingerprint density at radius 3 is 2.35 bits per heavy atom. The number of benzene rings is 1. The number of hydrogen-bond donors (Lipinski definition) is 4. The van der Waals surface area contributed by atoms with Crippen LogP contribution in [0.5, 0.6) is 0 Å². The molecule has 9 nitrogen and oxygen atoms in total. The van der Waals surface area contributed by atoms with Crippen LogP contribution in [-0.2, 0) is 19.6 Å². The summed E-state index contributed by atoms with van der Waals surface area (Å²) < 4.78 is 26.3. The molecule has 0 radical (unpaired) electrons. The number of rotatable bonds is 8. The molecule has 0 saturated heterocycles. The minimum atomic E-state index is -4.42. The number of amides is 1. The normalized spacial score (nSPS) is 12.6. The number of primary amides is 1. The zero-order chi connectivity index (χ0) is 17.8. The quantitative estimate of drug-likeness (QED) is 0.505. The van der Waals surface area contributed by atoms with Crippen molar-refractivity contribution in [2.75, 3.05) is 0 Å². The van der Waals surface area contributed by atoms with Crippen LogP contribution in [0.3, 0.4) is 0 Å². The van der Waals surface area contributed by atoms with E-state index in [1.165, 1.54) is 0 Å². The van der Waals surface area contributed by atoms with E-state index in [2.05, 4.69) is 0 Å². The Hall–Kier alpha value is -2.17. The van der Waals surface area contributed by atoms with Crippen LogP contribution in [0.25, 0.3) is 0 Å². The smallest absolute Gasteiger partial charge is 0.335 e. The van der Waals surface area contributed by atoms with Gasteiger partial charge >= 0.3 is 11.9 Å². The van der Waals surface area contributed by atoms with Gasteiger partial charge in [-0.2, -0.15) is 4.72 Å². The van der Waals surface area contributed by atoms with Gasteiger partial charge in [0.25, 0.3) is 0 Å². The van der Waals surface area contributed by atoms with Crippen LogP contribution < -0.4 is 10.5 Å². The molecule has 0 fully saturated rings. The standard InChI is InChI=1S/C12H13ClN2O7S/c13-7-2-1-6(11(17)18)5-9(7)23(21,22)15-8(12(19)20)3-4-10(14)16/h1-2,5,8,15H,3-4H2,(H2,14,16)(H,17,18)(H,19,20). The van der Waals surface area contributed by atoms with Crippen LogP contribution in [0.4, 0.5) is 0 Å². The van der Waals surface area contributed by atoms with Gasteiger partial charge in [0.1, 0.15) is 10.9 Å². The monoisotopic (exact) mass is 364 g/mol. The first-order valence-electron chi connectivity index (χ1n) is 6.11. The Kier molecular flexibility index (Phi) is 6.07. The zero-order valence-corrected chi connectivity index (χ0v) is 13.1. The van der Waals surface area contributed by atoms with Gasteiger partial charge in [-0.1, -0.05) is 11.6 Å². The average Bonchev–Trinajstić information content (AvgIpc) is 2.42. The number of carbonyl (C=O) groups is 3. The van der Waals surface area contributed by atoms with Gasteiger partial charge in [0, 0.05) is 6.42 Å². The van der Waals surface area contributed by atoms with E-state index in [1.807, 2.05) is 4.72 Å². The molecule has 1 aromatic rings. The second kappa shape index (κ2) is 7.40. The highest BCUT2D eigenvalue weighted by molar-refractivity contribution is 7.89. The van der Waals surface area contributed by atoms with Crippen LogP contribution in [0, 0.1) is 0 Å². The minimum absolute atomic E-state index is 0.276. The molecule has 0 heterocycles. The van der Waals surface area contributed by atoms with Gasteiger partial charge < -0.3 is 15.9 Å². The Morgan fingerprint density at radius 1 is 1.26 bits per heavy atom. The van der Waals surface area contributed by atoms with E-state index in [-0.39, 0.29) is 23.4 Å². The number of nitrogens with two attached hydrogens (primary N) is 1. The summed E-state index contributed by atoms with van der Waals surface area (Å²) in [5.74, 6) is -3.68. The number of halogens is 1. The fourth-order valence-corrected chi connectivity index (χ4v) is 3.36. The number of carbonyl (C=O) groups excluding carboxylic acids is 1. The summed E-state index contributed by atoms with van der Waals surface area (Å²) in [5.41, 5.74) is 4.56. The third-order valence-corrected chi connectivity index (χ3v) is 4.70. The predicted molar refractivity (Wildman–Crippen MR) is 78.6 cm³/mol. The maximum absolute atomic E-state index is 12.2. The lowest BCUT2D eigenvalue weighted by Crippen LogP contribution is -2.41. The predicted octanol–water partition coefficient (Wildman–Crippen LogP) is 0.0352. The molecular weight excluding hydrogens is 352 g/mol. The fourth-order valence-electron chi connectivity index (χ4n) is 1.61. The van der Waals surface area contributed by atoms with Gasteiger partial charge in [-0.15, -0.1) is 0 Å². The van der Waals surface area contributed by atoms with Crippen LogP contribution in [0.15, 0.2) is 23.1 Å². The molecule has 0 aromatic heterocycles. The number of carboxylic acids is 2. The largest absolute Gasteiger partial charge is 0.480 e. The molecule has 5 N–H and O–H groups in total.